The molecule has 0 aliphatic carbocycles. The van der Waals surface area contributed by atoms with Gasteiger partial charge in [-0.15, -0.1) is 0 Å². The minimum absolute atomic E-state index is 0.112. The summed E-state index contributed by atoms with van der Waals surface area (Å²) in [5, 5.41) is 1.28. The average Bonchev–Trinajstić information content (AvgIpc) is 2.26. The van der Waals surface area contributed by atoms with Gasteiger partial charge in [-0.25, -0.2) is 5.06 Å². The van der Waals surface area contributed by atoms with Crippen LogP contribution in [0.15, 0.2) is 30.3 Å². The number of carbonyl (C=O) groups excluding carboxylic acids is 1. The third-order valence-corrected chi connectivity index (χ3v) is 1.80. The quantitative estimate of drug-likeness (QED) is 0.685. The summed E-state index contributed by atoms with van der Waals surface area (Å²) in [4.78, 5) is 16.8. The Balaban J connectivity index is 2.57. The van der Waals surface area contributed by atoms with E-state index in [1.54, 1.807) is 19.2 Å². The van der Waals surface area contributed by atoms with Crippen LogP contribution in [0.4, 0.5) is 0 Å². The van der Waals surface area contributed by atoms with Gasteiger partial charge in [0.05, 0.1) is 6.61 Å². The van der Waals surface area contributed by atoms with Crippen LogP contribution in [0.2, 0.25) is 0 Å². The molecule has 0 fully saturated rings. The van der Waals surface area contributed by atoms with Crippen LogP contribution in [0.5, 0.6) is 0 Å². The molecule has 0 aromatic heterocycles. The van der Waals surface area contributed by atoms with E-state index in [9.17, 15) is 4.79 Å². The zero-order chi connectivity index (χ0) is 10.4. The summed E-state index contributed by atoms with van der Waals surface area (Å²) in [5.74, 6) is -0.112. The minimum Gasteiger partial charge on any atom is -0.271 e. The summed E-state index contributed by atoms with van der Waals surface area (Å²) in [6, 6.07) is 9.09. The first kappa shape index (κ1) is 10.7. The predicted octanol–water partition coefficient (Wildman–Crippen LogP) is 2.10. The van der Waals surface area contributed by atoms with E-state index in [0.29, 0.717) is 12.2 Å². The lowest BCUT2D eigenvalue weighted by atomic mass is 10.2. The van der Waals surface area contributed by atoms with Gasteiger partial charge < -0.3 is 0 Å². The Morgan fingerprint density at radius 3 is 2.57 bits per heavy atom. The van der Waals surface area contributed by atoms with Crippen LogP contribution in [0, 0.1) is 0 Å². The normalized spacial score (nSPS) is 9.86. The van der Waals surface area contributed by atoms with E-state index in [2.05, 4.69) is 0 Å². The smallest absolute Gasteiger partial charge is 0.271 e. The van der Waals surface area contributed by atoms with Crippen molar-refractivity contribution in [2.45, 2.75) is 13.3 Å². The van der Waals surface area contributed by atoms with Gasteiger partial charge in [0.1, 0.15) is 0 Å². The molecular weight excluding hydrogens is 178 g/mol. The zero-order valence-corrected chi connectivity index (χ0v) is 8.56. The first-order chi connectivity index (χ1) is 6.75. The molecule has 1 aromatic rings. The minimum atomic E-state index is -0.112. The number of benzene rings is 1. The van der Waals surface area contributed by atoms with E-state index >= 15 is 0 Å². The molecule has 0 atom stereocenters. The number of rotatable bonds is 4. The number of hydroxylamine groups is 2. The molecule has 0 heterocycles. The number of hydrogen-bond acceptors (Lipinski definition) is 2. The topological polar surface area (TPSA) is 29.5 Å². The Kier molecular flexibility index (Phi) is 4.13. The molecule has 0 radical (unpaired) electrons. The molecule has 3 nitrogen and oxygen atoms in total. The van der Waals surface area contributed by atoms with E-state index in [4.69, 9.17) is 4.84 Å². The van der Waals surface area contributed by atoms with E-state index in [-0.39, 0.29) is 5.91 Å². The van der Waals surface area contributed by atoms with Crippen molar-refractivity contribution in [1.29, 1.82) is 0 Å². The lowest BCUT2D eigenvalue weighted by Gasteiger charge is -2.15. The summed E-state index contributed by atoms with van der Waals surface area (Å²) in [6.07, 6.45) is 0.895. The van der Waals surface area contributed by atoms with Gasteiger partial charge in [0.15, 0.2) is 0 Å². The van der Waals surface area contributed by atoms with Gasteiger partial charge in [0, 0.05) is 12.6 Å². The molecule has 0 aliphatic heterocycles. The van der Waals surface area contributed by atoms with E-state index in [1.807, 2.05) is 25.1 Å². The van der Waals surface area contributed by atoms with Crippen molar-refractivity contribution in [2.24, 2.45) is 0 Å². The van der Waals surface area contributed by atoms with Gasteiger partial charge in [0.2, 0.25) is 0 Å². The van der Waals surface area contributed by atoms with Gasteiger partial charge in [-0.1, -0.05) is 25.1 Å². The highest BCUT2D eigenvalue weighted by Crippen LogP contribution is 2.03. The van der Waals surface area contributed by atoms with Crippen LogP contribution in [0.3, 0.4) is 0 Å². The number of carbonyl (C=O) groups is 1. The van der Waals surface area contributed by atoms with Crippen molar-refractivity contribution in [3.63, 3.8) is 0 Å². The average molecular weight is 193 g/mol. The Hall–Kier alpha value is -1.35. The van der Waals surface area contributed by atoms with E-state index < -0.39 is 0 Å². The Morgan fingerprint density at radius 1 is 1.36 bits per heavy atom. The summed E-state index contributed by atoms with van der Waals surface area (Å²) in [5.41, 5.74) is 0.645. The molecule has 0 saturated heterocycles. The molecule has 14 heavy (non-hydrogen) atoms. The van der Waals surface area contributed by atoms with Crippen molar-refractivity contribution < 1.29 is 9.63 Å². The summed E-state index contributed by atoms with van der Waals surface area (Å²) in [6.45, 7) is 2.57. The maximum absolute atomic E-state index is 11.7. The van der Waals surface area contributed by atoms with Gasteiger partial charge in [0.25, 0.3) is 5.91 Å². The molecule has 1 amide bonds. The lowest BCUT2D eigenvalue weighted by Crippen LogP contribution is -2.27. The molecule has 0 spiro atoms. The Labute approximate surface area is 84.2 Å². The van der Waals surface area contributed by atoms with Gasteiger partial charge >= 0.3 is 0 Å². The molecule has 0 N–H and O–H groups in total. The molecule has 76 valence electrons. The summed E-state index contributed by atoms with van der Waals surface area (Å²) >= 11 is 0. The fourth-order valence-corrected chi connectivity index (χ4v) is 1.05. The molecule has 1 aromatic carbocycles. The van der Waals surface area contributed by atoms with Crippen LogP contribution in [0.25, 0.3) is 0 Å². The van der Waals surface area contributed by atoms with Crippen LogP contribution >= 0.6 is 0 Å². The van der Waals surface area contributed by atoms with Gasteiger partial charge in [-0.3, -0.25) is 9.63 Å². The summed E-state index contributed by atoms with van der Waals surface area (Å²) in [7, 11) is 1.63. The second-order valence-electron chi connectivity index (χ2n) is 3.00. The zero-order valence-electron chi connectivity index (χ0n) is 8.56. The van der Waals surface area contributed by atoms with Crippen LogP contribution in [0.1, 0.15) is 23.7 Å². The first-order valence-electron chi connectivity index (χ1n) is 4.71. The highest BCUT2D eigenvalue weighted by molar-refractivity contribution is 5.93. The van der Waals surface area contributed by atoms with Crippen LogP contribution in [-0.4, -0.2) is 24.6 Å². The highest BCUT2D eigenvalue weighted by atomic mass is 16.7. The highest BCUT2D eigenvalue weighted by Gasteiger charge is 2.10. The number of amides is 1. The second-order valence-corrected chi connectivity index (χ2v) is 3.00. The van der Waals surface area contributed by atoms with Gasteiger partial charge in [-0.2, -0.15) is 0 Å². The molecule has 0 bridgehead atoms. The predicted molar refractivity (Wildman–Crippen MR) is 54.8 cm³/mol. The van der Waals surface area contributed by atoms with Crippen LogP contribution < -0.4 is 0 Å². The van der Waals surface area contributed by atoms with Gasteiger partial charge in [-0.05, 0) is 18.6 Å². The molecular formula is C11H15NO2. The van der Waals surface area contributed by atoms with E-state index in [0.717, 1.165) is 6.42 Å². The third kappa shape index (κ3) is 2.85. The molecule has 1 rings (SSSR count). The standard InChI is InChI=1S/C11H15NO2/c1-3-9-14-12(2)11(13)10-7-5-4-6-8-10/h4-8H,3,9H2,1-2H3. The lowest BCUT2D eigenvalue weighted by molar-refractivity contribution is -0.105. The molecule has 0 unspecified atom stereocenters. The monoisotopic (exact) mass is 193 g/mol. The number of nitrogens with zero attached hydrogens (tertiary/aromatic N) is 1. The van der Waals surface area contributed by atoms with Crippen molar-refractivity contribution in [2.75, 3.05) is 13.7 Å². The van der Waals surface area contributed by atoms with Crippen molar-refractivity contribution in [1.82, 2.24) is 5.06 Å². The van der Waals surface area contributed by atoms with Crippen molar-refractivity contribution in [3.05, 3.63) is 35.9 Å². The summed E-state index contributed by atoms with van der Waals surface area (Å²) < 4.78 is 0. The third-order valence-electron chi connectivity index (χ3n) is 1.80. The Morgan fingerprint density at radius 2 is 2.00 bits per heavy atom. The first-order valence-corrected chi connectivity index (χ1v) is 4.71. The number of hydrogen-bond donors (Lipinski definition) is 0. The maximum atomic E-state index is 11.7. The Bertz CT molecular complexity index is 285. The fourth-order valence-electron chi connectivity index (χ4n) is 1.05. The SMILES string of the molecule is CCCON(C)C(=O)c1ccccc1. The van der Waals surface area contributed by atoms with E-state index in [1.165, 1.54) is 5.06 Å². The van der Waals surface area contributed by atoms with Crippen molar-refractivity contribution >= 4 is 5.91 Å². The van der Waals surface area contributed by atoms with Crippen molar-refractivity contribution in [3.8, 4) is 0 Å². The fraction of sp³-hybridized carbons (Fsp3) is 0.364. The largest absolute Gasteiger partial charge is 0.277 e. The second kappa shape index (κ2) is 5.40. The molecule has 0 aliphatic rings. The maximum Gasteiger partial charge on any atom is 0.277 e. The molecule has 0 saturated carbocycles. The molecule has 3 heteroatoms. The van der Waals surface area contributed by atoms with Crippen LogP contribution in [-0.2, 0) is 4.84 Å².